The summed E-state index contributed by atoms with van der Waals surface area (Å²) in [6.45, 7) is 2.55. The summed E-state index contributed by atoms with van der Waals surface area (Å²) in [5, 5.41) is 22.0. The molecule has 0 amide bonds. The Hall–Kier alpha value is -3.96. The first-order valence-electron chi connectivity index (χ1n) is 15.9. The highest BCUT2D eigenvalue weighted by Gasteiger charge is 2.28. The summed E-state index contributed by atoms with van der Waals surface area (Å²) in [7, 11) is 1.67. The van der Waals surface area contributed by atoms with Crippen LogP contribution in [0, 0.1) is 17.8 Å². The maximum absolute atomic E-state index is 12.8. The Kier molecular flexibility index (Phi) is 12.1. The summed E-state index contributed by atoms with van der Waals surface area (Å²) in [6.07, 6.45) is 12.2. The number of allylic oxidation sites excluding steroid dienone is 2. The third-order valence-electron chi connectivity index (χ3n) is 8.49. The van der Waals surface area contributed by atoms with Crippen molar-refractivity contribution in [3.8, 4) is 29.1 Å². The van der Waals surface area contributed by atoms with Gasteiger partial charge in [0, 0.05) is 31.3 Å². The molecule has 0 aliphatic heterocycles. The SMILES string of the molecule is CCCC=CC(=O)CCc1cc(OC2CCCC2)c(O)c2c1C#CC(c1cccc(O)c1)C(N=C(N)N)CCC(COC)C2. The van der Waals surface area contributed by atoms with Crippen LogP contribution in [0.2, 0.25) is 0 Å². The van der Waals surface area contributed by atoms with Crippen molar-refractivity contribution < 1.29 is 24.5 Å². The molecule has 2 aromatic carbocycles. The number of aliphatic imine (C=N–C) groups is 1. The Balaban J connectivity index is 1.87. The molecular formula is C36H47N3O5. The van der Waals surface area contributed by atoms with Crippen molar-refractivity contribution in [2.45, 2.75) is 95.6 Å². The van der Waals surface area contributed by atoms with Gasteiger partial charge in [-0.05, 0) is 99.1 Å². The van der Waals surface area contributed by atoms with Crippen LogP contribution in [0.4, 0.5) is 0 Å². The van der Waals surface area contributed by atoms with Crippen LogP contribution in [0.25, 0.3) is 0 Å². The predicted molar refractivity (Wildman–Crippen MR) is 174 cm³/mol. The summed E-state index contributed by atoms with van der Waals surface area (Å²) in [5.41, 5.74) is 14.8. The Morgan fingerprint density at radius 2 is 1.93 bits per heavy atom. The summed E-state index contributed by atoms with van der Waals surface area (Å²) in [4.78, 5) is 17.4. The molecule has 0 heterocycles. The number of fused-ring (bicyclic) bond motifs is 1. The van der Waals surface area contributed by atoms with Crippen molar-refractivity contribution in [2.75, 3.05) is 13.7 Å². The first-order valence-corrected chi connectivity index (χ1v) is 15.9. The van der Waals surface area contributed by atoms with E-state index in [-0.39, 0.29) is 41.3 Å². The first-order chi connectivity index (χ1) is 21.3. The van der Waals surface area contributed by atoms with Gasteiger partial charge in [-0.1, -0.05) is 43.4 Å². The number of phenolic OH excluding ortho intramolecular Hbond substituents is 2. The fraction of sp³-hybridized carbons (Fsp3) is 0.500. The van der Waals surface area contributed by atoms with Gasteiger partial charge in [0.2, 0.25) is 0 Å². The van der Waals surface area contributed by atoms with E-state index < -0.39 is 5.92 Å². The van der Waals surface area contributed by atoms with Crippen molar-refractivity contribution in [2.24, 2.45) is 22.4 Å². The van der Waals surface area contributed by atoms with Crippen molar-refractivity contribution in [1.29, 1.82) is 0 Å². The smallest absolute Gasteiger partial charge is 0.186 e. The molecule has 0 aromatic heterocycles. The summed E-state index contributed by atoms with van der Waals surface area (Å²) in [6, 6.07) is 8.50. The van der Waals surface area contributed by atoms with Crippen LogP contribution >= 0.6 is 0 Å². The van der Waals surface area contributed by atoms with Gasteiger partial charge in [0.1, 0.15) is 5.75 Å². The second-order valence-corrected chi connectivity index (χ2v) is 12.0. The molecular weight excluding hydrogens is 554 g/mol. The highest BCUT2D eigenvalue weighted by molar-refractivity contribution is 5.89. The predicted octanol–water partition coefficient (Wildman–Crippen LogP) is 5.65. The fourth-order valence-corrected chi connectivity index (χ4v) is 6.25. The maximum Gasteiger partial charge on any atom is 0.186 e. The van der Waals surface area contributed by atoms with E-state index in [1.54, 1.807) is 31.4 Å². The number of ether oxygens (including phenoxy) is 2. The molecule has 0 spiro atoms. The molecule has 236 valence electrons. The van der Waals surface area contributed by atoms with Gasteiger partial charge in [-0.25, -0.2) is 4.99 Å². The largest absolute Gasteiger partial charge is 0.508 e. The van der Waals surface area contributed by atoms with Gasteiger partial charge in [0.05, 0.1) is 18.1 Å². The van der Waals surface area contributed by atoms with Crippen LogP contribution in [0.15, 0.2) is 47.5 Å². The Bertz CT molecular complexity index is 1400. The van der Waals surface area contributed by atoms with Gasteiger partial charge in [-0.15, -0.1) is 0 Å². The number of phenols is 2. The number of carbonyl (C=O) groups is 1. The van der Waals surface area contributed by atoms with Crippen molar-refractivity contribution >= 4 is 11.7 Å². The lowest BCUT2D eigenvalue weighted by Crippen LogP contribution is -2.29. The van der Waals surface area contributed by atoms with E-state index in [0.717, 1.165) is 56.1 Å². The molecule has 44 heavy (non-hydrogen) atoms. The van der Waals surface area contributed by atoms with Crippen molar-refractivity contribution in [3.63, 3.8) is 0 Å². The van der Waals surface area contributed by atoms with E-state index in [1.165, 1.54) is 0 Å². The number of unbranched alkanes of at least 4 members (excludes halogenated alkanes) is 1. The van der Waals surface area contributed by atoms with E-state index in [1.807, 2.05) is 18.2 Å². The number of carbonyl (C=O) groups excluding carboxylic acids is 1. The molecule has 4 rings (SSSR count). The molecule has 3 unspecified atom stereocenters. The van der Waals surface area contributed by atoms with E-state index in [9.17, 15) is 15.0 Å². The molecule has 1 saturated carbocycles. The standard InChI is InChI=1S/C36H47N3O5/c1-3-4-5-10-27(40)16-15-26-22-34(44-29-12-6-7-13-29)35(42)32-20-24(23-43-2)14-19-33(39-36(37)38)31(18-17-30(26)32)25-9-8-11-28(41)21-25/h5,8-11,21-22,24,29,31,33,41-42H,3-4,6-7,12-16,19-20,23H2,1-2H3,(H4,37,38,39). The molecule has 1 fully saturated rings. The number of aryl methyl sites for hydroxylation is 1. The highest BCUT2D eigenvalue weighted by Crippen LogP contribution is 2.41. The van der Waals surface area contributed by atoms with Crippen molar-refractivity contribution in [1.82, 2.24) is 0 Å². The average molecular weight is 602 g/mol. The third-order valence-corrected chi connectivity index (χ3v) is 8.49. The monoisotopic (exact) mass is 601 g/mol. The molecule has 6 N–H and O–H groups in total. The van der Waals surface area contributed by atoms with Gasteiger partial charge in [-0.2, -0.15) is 0 Å². The quantitative estimate of drug-likeness (QED) is 0.107. The summed E-state index contributed by atoms with van der Waals surface area (Å²) < 4.78 is 12.0. The summed E-state index contributed by atoms with van der Waals surface area (Å²) >= 11 is 0. The van der Waals surface area contributed by atoms with Crippen LogP contribution < -0.4 is 16.2 Å². The number of hydrogen-bond donors (Lipinski definition) is 4. The molecule has 3 atom stereocenters. The van der Waals surface area contributed by atoms with Crippen LogP contribution in [0.5, 0.6) is 17.2 Å². The molecule has 0 radical (unpaired) electrons. The molecule has 2 aliphatic rings. The second-order valence-electron chi connectivity index (χ2n) is 12.0. The number of guanidine groups is 1. The number of aromatic hydroxyl groups is 2. The van der Waals surface area contributed by atoms with Gasteiger partial charge in [0.15, 0.2) is 23.2 Å². The zero-order chi connectivity index (χ0) is 31.5. The Morgan fingerprint density at radius 1 is 1.14 bits per heavy atom. The minimum Gasteiger partial charge on any atom is -0.508 e. The van der Waals surface area contributed by atoms with Gasteiger partial charge < -0.3 is 31.2 Å². The topological polar surface area (TPSA) is 140 Å². The number of nitrogens with two attached hydrogens (primary N) is 2. The molecule has 0 saturated heterocycles. The van der Waals surface area contributed by atoms with Gasteiger partial charge >= 0.3 is 0 Å². The zero-order valence-electron chi connectivity index (χ0n) is 26.1. The lowest BCUT2D eigenvalue weighted by atomic mass is 9.82. The zero-order valence-corrected chi connectivity index (χ0v) is 26.1. The van der Waals surface area contributed by atoms with Crippen LogP contribution in [0.1, 0.15) is 92.9 Å². The van der Waals surface area contributed by atoms with Crippen LogP contribution in [0.3, 0.4) is 0 Å². The lowest BCUT2D eigenvalue weighted by molar-refractivity contribution is -0.114. The lowest BCUT2D eigenvalue weighted by Gasteiger charge is -2.26. The van der Waals surface area contributed by atoms with E-state index >= 15 is 0 Å². The average Bonchev–Trinajstić information content (AvgIpc) is 3.50. The molecule has 0 bridgehead atoms. The number of benzene rings is 2. The highest BCUT2D eigenvalue weighted by atomic mass is 16.5. The first kappa shape index (κ1) is 32.9. The molecule has 2 aromatic rings. The Morgan fingerprint density at radius 3 is 2.64 bits per heavy atom. The molecule has 8 nitrogen and oxygen atoms in total. The van der Waals surface area contributed by atoms with E-state index in [0.29, 0.717) is 49.2 Å². The minimum absolute atomic E-state index is 0.0237. The summed E-state index contributed by atoms with van der Waals surface area (Å²) in [5.74, 6) is 7.15. The number of nitrogens with zero attached hydrogens (tertiary/aromatic N) is 1. The minimum atomic E-state index is -0.429. The second kappa shape index (κ2) is 16.2. The third kappa shape index (κ3) is 9.03. The fourth-order valence-electron chi connectivity index (χ4n) is 6.25. The maximum atomic E-state index is 12.8. The van der Waals surface area contributed by atoms with E-state index in [4.69, 9.17) is 20.9 Å². The number of methoxy groups -OCH3 is 1. The number of ketones is 1. The molecule has 2 aliphatic carbocycles. The molecule has 8 heteroatoms. The van der Waals surface area contributed by atoms with Gasteiger partial charge in [0.25, 0.3) is 0 Å². The van der Waals surface area contributed by atoms with Crippen molar-refractivity contribution in [3.05, 3.63) is 64.7 Å². The number of hydrogen-bond acceptors (Lipinski definition) is 6. The number of rotatable bonds is 12. The normalized spacial score (nSPS) is 20.5. The van der Waals surface area contributed by atoms with Gasteiger partial charge in [-0.3, -0.25) is 4.79 Å². The Labute approximate surface area is 261 Å². The van der Waals surface area contributed by atoms with Crippen LogP contribution in [-0.2, 0) is 22.4 Å². The van der Waals surface area contributed by atoms with Crippen LogP contribution in [-0.4, -0.2) is 47.8 Å². The van der Waals surface area contributed by atoms with E-state index in [2.05, 4.69) is 23.8 Å².